The monoisotopic (exact) mass is 273 g/mol. The zero-order valence-corrected chi connectivity index (χ0v) is 11.9. The normalized spacial score (nSPS) is 14.3. The predicted octanol–water partition coefficient (Wildman–Crippen LogP) is 1.91. The SMILES string of the molecule is CSCC(C)(O)CNC(=O)CCc1ccsc1. The number of hydrogen-bond donors (Lipinski definition) is 2. The molecule has 0 bridgehead atoms. The van der Waals surface area contributed by atoms with Gasteiger partial charge < -0.3 is 10.4 Å². The van der Waals surface area contributed by atoms with E-state index in [1.165, 1.54) is 5.56 Å². The highest BCUT2D eigenvalue weighted by Gasteiger charge is 2.20. The van der Waals surface area contributed by atoms with E-state index in [9.17, 15) is 9.90 Å². The molecule has 96 valence electrons. The molecule has 0 aromatic carbocycles. The number of hydrogen-bond acceptors (Lipinski definition) is 4. The van der Waals surface area contributed by atoms with Crippen LogP contribution in [0.25, 0.3) is 0 Å². The van der Waals surface area contributed by atoms with Crippen molar-refractivity contribution in [3.63, 3.8) is 0 Å². The Hall–Kier alpha value is -0.520. The number of nitrogens with one attached hydrogen (secondary N) is 1. The summed E-state index contributed by atoms with van der Waals surface area (Å²) in [5, 5.41) is 16.7. The second kappa shape index (κ2) is 7.03. The molecular weight excluding hydrogens is 254 g/mol. The molecule has 0 aliphatic carbocycles. The van der Waals surface area contributed by atoms with Gasteiger partial charge in [0.05, 0.1) is 5.60 Å². The lowest BCUT2D eigenvalue weighted by Gasteiger charge is -2.22. The quantitative estimate of drug-likeness (QED) is 0.798. The van der Waals surface area contributed by atoms with Crippen LogP contribution < -0.4 is 5.32 Å². The lowest BCUT2D eigenvalue weighted by molar-refractivity contribution is -0.122. The number of aliphatic hydroxyl groups is 1. The van der Waals surface area contributed by atoms with Crippen LogP contribution >= 0.6 is 23.1 Å². The summed E-state index contributed by atoms with van der Waals surface area (Å²) >= 11 is 3.21. The lowest BCUT2D eigenvalue weighted by Crippen LogP contribution is -2.42. The highest BCUT2D eigenvalue weighted by molar-refractivity contribution is 7.98. The van der Waals surface area contributed by atoms with Crippen molar-refractivity contribution < 1.29 is 9.90 Å². The van der Waals surface area contributed by atoms with Crippen LogP contribution in [0.15, 0.2) is 16.8 Å². The minimum Gasteiger partial charge on any atom is -0.387 e. The van der Waals surface area contributed by atoms with Crippen molar-refractivity contribution in [3.8, 4) is 0 Å². The number of aryl methyl sites for hydroxylation is 1. The fourth-order valence-corrected chi connectivity index (χ4v) is 2.86. The smallest absolute Gasteiger partial charge is 0.220 e. The van der Waals surface area contributed by atoms with Gasteiger partial charge >= 0.3 is 0 Å². The summed E-state index contributed by atoms with van der Waals surface area (Å²) in [6, 6.07) is 2.03. The van der Waals surface area contributed by atoms with E-state index in [1.54, 1.807) is 30.0 Å². The third kappa shape index (κ3) is 6.10. The molecule has 0 fully saturated rings. The van der Waals surface area contributed by atoms with E-state index in [-0.39, 0.29) is 5.91 Å². The van der Waals surface area contributed by atoms with E-state index in [0.29, 0.717) is 18.7 Å². The molecule has 1 rings (SSSR count). The zero-order valence-electron chi connectivity index (χ0n) is 10.2. The fraction of sp³-hybridized carbons (Fsp3) is 0.583. The van der Waals surface area contributed by atoms with Gasteiger partial charge in [0.2, 0.25) is 5.91 Å². The summed E-state index contributed by atoms with van der Waals surface area (Å²) in [6.45, 7) is 2.05. The standard InChI is InChI=1S/C12H19NO2S2/c1-12(15,9-16-2)8-13-11(14)4-3-10-5-6-17-7-10/h5-7,15H,3-4,8-9H2,1-2H3,(H,13,14). The molecule has 0 aliphatic heterocycles. The first-order valence-corrected chi connectivity index (χ1v) is 7.86. The average molecular weight is 273 g/mol. The first kappa shape index (κ1) is 14.5. The minimum absolute atomic E-state index is 0.00224. The highest BCUT2D eigenvalue weighted by Crippen LogP contribution is 2.10. The third-order valence-electron chi connectivity index (χ3n) is 2.34. The molecule has 0 spiro atoms. The highest BCUT2D eigenvalue weighted by atomic mass is 32.2. The Labute approximate surface area is 111 Å². The summed E-state index contributed by atoms with van der Waals surface area (Å²) in [5.74, 6) is 0.621. The van der Waals surface area contributed by atoms with Crippen LogP contribution in [0.2, 0.25) is 0 Å². The molecule has 1 unspecified atom stereocenters. The Bertz CT molecular complexity index is 336. The van der Waals surface area contributed by atoms with Crippen LogP contribution in [-0.4, -0.2) is 35.2 Å². The van der Waals surface area contributed by atoms with Crippen LogP contribution in [0.4, 0.5) is 0 Å². The van der Waals surface area contributed by atoms with Gasteiger partial charge in [0.1, 0.15) is 0 Å². The fourth-order valence-electron chi connectivity index (χ4n) is 1.43. The van der Waals surface area contributed by atoms with Crippen molar-refractivity contribution in [1.82, 2.24) is 5.32 Å². The molecule has 1 atom stereocenters. The van der Waals surface area contributed by atoms with E-state index >= 15 is 0 Å². The Morgan fingerprint density at radius 2 is 2.41 bits per heavy atom. The minimum atomic E-state index is -0.822. The molecule has 0 saturated carbocycles. The number of amides is 1. The van der Waals surface area contributed by atoms with Crippen molar-refractivity contribution in [1.29, 1.82) is 0 Å². The Balaban J connectivity index is 2.21. The van der Waals surface area contributed by atoms with Crippen LogP contribution in [-0.2, 0) is 11.2 Å². The van der Waals surface area contributed by atoms with Crippen LogP contribution in [0.1, 0.15) is 18.9 Å². The third-order valence-corrected chi connectivity index (χ3v) is 3.99. The molecule has 3 nitrogen and oxygen atoms in total. The second-order valence-electron chi connectivity index (χ2n) is 4.34. The number of carbonyl (C=O) groups excluding carboxylic acids is 1. The molecule has 1 aromatic rings. The van der Waals surface area contributed by atoms with Gasteiger partial charge in [-0.15, -0.1) is 0 Å². The van der Waals surface area contributed by atoms with Gasteiger partial charge in [-0.25, -0.2) is 0 Å². The first-order valence-electron chi connectivity index (χ1n) is 5.52. The Morgan fingerprint density at radius 3 is 3.00 bits per heavy atom. The van der Waals surface area contributed by atoms with E-state index in [0.717, 1.165) is 6.42 Å². The molecule has 1 heterocycles. The number of thioether (sulfide) groups is 1. The zero-order chi connectivity index (χ0) is 12.7. The number of rotatable bonds is 7. The molecule has 5 heteroatoms. The summed E-state index contributed by atoms with van der Waals surface area (Å²) in [7, 11) is 0. The molecule has 0 aliphatic rings. The molecule has 2 N–H and O–H groups in total. The first-order chi connectivity index (χ1) is 8.03. The average Bonchev–Trinajstić information content (AvgIpc) is 2.76. The largest absolute Gasteiger partial charge is 0.387 e. The van der Waals surface area contributed by atoms with Crippen LogP contribution in [0.5, 0.6) is 0 Å². The maximum absolute atomic E-state index is 11.6. The van der Waals surface area contributed by atoms with Gasteiger partial charge in [-0.05, 0) is 42.0 Å². The Morgan fingerprint density at radius 1 is 1.65 bits per heavy atom. The maximum Gasteiger partial charge on any atom is 0.220 e. The molecule has 1 amide bonds. The lowest BCUT2D eigenvalue weighted by atomic mass is 10.1. The topological polar surface area (TPSA) is 49.3 Å². The van der Waals surface area contributed by atoms with Crippen LogP contribution in [0, 0.1) is 0 Å². The summed E-state index contributed by atoms with van der Waals surface area (Å²) < 4.78 is 0. The van der Waals surface area contributed by atoms with Gasteiger partial charge in [-0.2, -0.15) is 23.1 Å². The van der Waals surface area contributed by atoms with Crippen molar-refractivity contribution >= 4 is 29.0 Å². The van der Waals surface area contributed by atoms with Gasteiger partial charge in [0.25, 0.3) is 0 Å². The van der Waals surface area contributed by atoms with Gasteiger partial charge in [0, 0.05) is 18.7 Å². The van der Waals surface area contributed by atoms with Crippen molar-refractivity contribution in [2.24, 2.45) is 0 Å². The molecule has 1 aromatic heterocycles. The van der Waals surface area contributed by atoms with Gasteiger partial charge in [-0.3, -0.25) is 4.79 Å². The van der Waals surface area contributed by atoms with E-state index in [1.807, 2.05) is 17.7 Å². The summed E-state index contributed by atoms with van der Waals surface area (Å²) in [5.41, 5.74) is 0.373. The maximum atomic E-state index is 11.6. The number of thiophene rings is 1. The van der Waals surface area contributed by atoms with Crippen LogP contribution in [0.3, 0.4) is 0 Å². The molecule has 0 radical (unpaired) electrons. The Kier molecular flexibility index (Phi) is 6.02. The van der Waals surface area contributed by atoms with E-state index < -0.39 is 5.60 Å². The van der Waals surface area contributed by atoms with Gasteiger partial charge in [0.15, 0.2) is 0 Å². The molecule has 17 heavy (non-hydrogen) atoms. The molecular formula is C12H19NO2S2. The van der Waals surface area contributed by atoms with Crippen molar-refractivity contribution in [2.75, 3.05) is 18.6 Å². The number of carbonyl (C=O) groups is 1. The van der Waals surface area contributed by atoms with E-state index in [4.69, 9.17) is 0 Å². The summed E-state index contributed by atoms with van der Waals surface area (Å²) in [6.07, 6.45) is 3.18. The predicted molar refractivity (Wildman–Crippen MR) is 74.7 cm³/mol. The van der Waals surface area contributed by atoms with Crippen molar-refractivity contribution in [2.45, 2.75) is 25.4 Å². The summed E-state index contributed by atoms with van der Waals surface area (Å²) in [4.78, 5) is 11.6. The van der Waals surface area contributed by atoms with Gasteiger partial charge in [-0.1, -0.05) is 0 Å². The molecule has 0 saturated heterocycles. The van der Waals surface area contributed by atoms with Crippen molar-refractivity contribution in [3.05, 3.63) is 22.4 Å². The second-order valence-corrected chi connectivity index (χ2v) is 5.98. The van der Waals surface area contributed by atoms with E-state index in [2.05, 4.69) is 10.7 Å².